The first-order chi connectivity index (χ1) is 11.8. The van der Waals surface area contributed by atoms with Crippen molar-refractivity contribution in [3.63, 3.8) is 0 Å². The van der Waals surface area contributed by atoms with Gasteiger partial charge in [0.1, 0.15) is 0 Å². The molecule has 2 aliphatic heterocycles. The van der Waals surface area contributed by atoms with E-state index < -0.39 is 0 Å². The third-order valence-corrected chi connectivity index (χ3v) is 4.63. The Morgan fingerprint density at radius 1 is 0.917 bits per heavy atom. The first-order valence-electron chi connectivity index (χ1n) is 8.41. The van der Waals surface area contributed by atoms with Crippen LogP contribution in [0, 0.1) is 0 Å². The third-order valence-electron chi connectivity index (χ3n) is 4.63. The van der Waals surface area contributed by atoms with Crippen LogP contribution in [0.1, 0.15) is 5.56 Å². The van der Waals surface area contributed by atoms with Gasteiger partial charge in [0.2, 0.25) is 0 Å². The first kappa shape index (κ1) is 15.0. The molecule has 1 saturated heterocycles. The molecule has 2 heterocycles. The monoisotopic (exact) mass is 323 g/mol. The Bertz CT molecular complexity index is 741. The normalized spacial score (nSPS) is 16.8. The number of fused-ring (bicyclic) bond motifs is 1. The Kier molecular flexibility index (Phi) is 4.09. The van der Waals surface area contributed by atoms with Gasteiger partial charge in [-0.3, -0.25) is 4.90 Å². The number of amides is 2. The van der Waals surface area contributed by atoms with Gasteiger partial charge in [0.25, 0.3) is 0 Å². The van der Waals surface area contributed by atoms with Gasteiger partial charge in [-0.2, -0.15) is 0 Å². The van der Waals surface area contributed by atoms with Gasteiger partial charge in [-0.25, -0.2) is 4.79 Å². The van der Waals surface area contributed by atoms with Crippen molar-refractivity contribution < 1.29 is 9.53 Å². The number of urea groups is 1. The highest BCUT2D eigenvalue weighted by Gasteiger charge is 2.25. The minimum atomic E-state index is -0.0688. The molecule has 0 aliphatic carbocycles. The average Bonchev–Trinajstić information content (AvgIpc) is 3.07. The van der Waals surface area contributed by atoms with Crippen molar-refractivity contribution in [3.8, 4) is 0 Å². The minimum absolute atomic E-state index is 0.0688. The molecular weight excluding hydrogens is 302 g/mol. The van der Waals surface area contributed by atoms with Gasteiger partial charge < -0.3 is 15.0 Å². The lowest BCUT2D eigenvalue weighted by Crippen LogP contribution is -2.38. The van der Waals surface area contributed by atoms with Crippen LogP contribution in [0.4, 0.5) is 21.9 Å². The second-order valence-corrected chi connectivity index (χ2v) is 6.08. The zero-order valence-corrected chi connectivity index (χ0v) is 13.6. The van der Waals surface area contributed by atoms with E-state index >= 15 is 0 Å². The number of carbonyl (C=O) groups excluding carboxylic acids is 1. The molecule has 0 spiro atoms. The van der Waals surface area contributed by atoms with Crippen LogP contribution in [0.5, 0.6) is 0 Å². The molecule has 5 nitrogen and oxygen atoms in total. The minimum Gasteiger partial charge on any atom is -0.378 e. The fraction of sp³-hybridized carbons (Fsp3) is 0.316. The summed E-state index contributed by atoms with van der Waals surface area (Å²) in [6, 6.07) is 16.0. The molecule has 0 saturated carbocycles. The highest BCUT2D eigenvalue weighted by atomic mass is 16.5. The third kappa shape index (κ3) is 2.83. The highest BCUT2D eigenvalue weighted by Crippen LogP contribution is 2.30. The molecule has 2 aliphatic rings. The van der Waals surface area contributed by atoms with E-state index in [0.717, 1.165) is 56.3 Å². The molecule has 5 heteroatoms. The molecule has 0 bridgehead atoms. The molecule has 2 amide bonds. The van der Waals surface area contributed by atoms with Crippen LogP contribution in [0.2, 0.25) is 0 Å². The van der Waals surface area contributed by atoms with E-state index in [1.165, 1.54) is 5.56 Å². The van der Waals surface area contributed by atoms with Crippen LogP contribution in [0.3, 0.4) is 0 Å². The molecule has 124 valence electrons. The second kappa shape index (κ2) is 6.53. The average molecular weight is 323 g/mol. The smallest absolute Gasteiger partial charge is 0.326 e. The SMILES string of the molecule is O=C(Nc1ccccc1N1CCOCC1)N1CCc2ccccc21. The number of carbonyl (C=O) groups is 1. The van der Waals surface area contributed by atoms with Gasteiger partial charge in [-0.15, -0.1) is 0 Å². The maximum absolute atomic E-state index is 12.8. The van der Waals surface area contributed by atoms with E-state index in [2.05, 4.69) is 22.3 Å². The summed E-state index contributed by atoms with van der Waals surface area (Å²) in [5.41, 5.74) is 4.16. The highest BCUT2D eigenvalue weighted by molar-refractivity contribution is 6.04. The predicted molar refractivity (Wildman–Crippen MR) is 96.0 cm³/mol. The number of nitrogens with zero attached hydrogens (tertiary/aromatic N) is 2. The van der Waals surface area contributed by atoms with E-state index in [0.29, 0.717) is 0 Å². The number of hydrogen-bond donors (Lipinski definition) is 1. The number of rotatable bonds is 2. The van der Waals surface area contributed by atoms with E-state index in [-0.39, 0.29) is 6.03 Å². The van der Waals surface area contributed by atoms with Crippen molar-refractivity contribution in [2.75, 3.05) is 48.0 Å². The summed E-state index contributed by atoms with van der Waals surface area (Å²) in [5.74, 6) is 0. The molecular formula is C19H21N3O2. The van der Waals surface area contributed by atoms with Gasteiger partial charge in [0.05, 0.1) is 24.6 Å². The molecule has 0 aromatic heterocycles. The summed E-state index contributed by atoms with van der Waals surface area (Å²) < 4.78 is 5.43. The number of ether oxygens (including phenoxy) is 1. The fourth-order valence-electron chi connectivity index (χ4n) is 3.39. The standard InChI is InChI=1S/C19H21N3O2/c23-19(22-10-9-15-5-1-3-7-17(15)22)20-16-6-2-4-8-18(16)21-11-13-24-14-12-21/h1-8H,9-14H2,(H,20,23). The summed E-state index contributed by atoms with van der Waals surface area (Å²) >= 11 is 0. The van der Waals surface area contributed by atoms with E-state index in [4.69, 9.17) is 4.74 Å². The van der Waals surface area contributed by atoms with E-state index in [9.17, 15) is 4.79 Å². The number of benzene rings is 2. The summed E-state index contributed by atoms with van der Waals surface area (Å²) in [7, 11) is 0. The van der Waals surface area contributed by atoms with Crippen molar-refractivity contribution in [2.24, 2.45) is 0 Å². The summed E-state index contributed by atoms with van der Waals surface area (Å²) in [5, 5.41) is 3.10. The topological polar surface area (TPSA) is 44.8 Å². The zero-order chi connectivity index (χ0) is 16.4. The Balaban J connectivity index is 1.54. The van der Waals surface area contributed by atoms with Crippen LogP contribution in [0.15, 0.2) is 48.5 Å². The summed E-state index contributed by atoms with van der Waals surface area (Å²) in [6.07, 6.45) is 0.911. The molecule has 0 atom stereocenters. The van der Waals surface area contributed by atoms with E-state index in [1.807, 2.05) is 41.3 Å². The summed E-state index contributed by atoms with van der Waals surface area (Å²) in [6.45, 7) is 3.87. The summed E-state index contributed by atoms with van der Waals surface area (Å²) in [4.78, 5) is 16.9. The maximum Gasteiger partial charge on any atom is 0.326 e. The molecule has 1 N–H and O–H groups in total. The van der Waals surface area contributed by atoms with Crippen LogP contribution in [-0.4, -0.2) is 38.9 Å². The maximum atomic E-state index is 12.8. The molecule has 0 unspecified atom stereocenters. The molecule has 0 radical (unpaired) electrons. The van der Waals surface area contributed by atoms with E-state index in [1.54, 1.807) is 0 Å². The Labute approximate surface area is 141 Å². The zero-order valence-electron chi connectivity index (χ0n) is 13.6. The van der Waals surface area contributed by atoms with Crippen molar-refractivity contribution >= 4 is 23.1 Å². The second-order valence-electron chi connectivity index (χ2n) is 6.08. The molecule has 2 aromatic rings. The number of nitrogens with one attached hydrogen (secondary N) is 1. The number of anilines is 3. The molecule has 24 heavy (non-hydrogen) atoms. The Morgan fingerprint density at radius 3 is 2.46 bits per heavy atom. The Morgan fingerprint density at radius 2 is 1.62 bits per heavy atom. The quantitative estimate of drug-likeness (QED) is 0.923. The van der Waals surface area contributed by atoms with Crippen LogP contribution in [0.25, 0.3) is 0 Å². The fourth-order valence-corrected chi connectivity index (χ4v) is 3.39. The van der Waals surface area contributed by atoms with Gasteiger partial charge in [0, 0.05) is 25.3 Å². The Hall–Kier alpha value is -2.53. The molecule has 1 fully saturated rings. The number of hydrogen-bond acceptors (Lipinski definition) is 3. The van der Waals surface area contributed by atoms with Crippen molar-refractivity contribution in [1.29, 1.82) is 0 Å². The number of para-hydroxylation sites is 3. The lowest BCUT2D eigenvalue weighted by Gasteiger charge is -2.31. The van der Waals surface area contributed by atoms with Crippen molar-refractivity contribution in [1.82, 2.24) is 0 Å². The largest absolute Gasteiger partial charge is 0.378 e. The van der Waals surface area contributed by atoms with Gasteiger partial charge >= 0.3 is 6.03 Å². The van der Waals surface area contributed by atoms with Gasteiger partial charge in [-0.05, 0) is 30.2 Å². The van der Waals surface area contributed by atoms with Crippen molar-refractivity contribution in [2.45, 2.75) is 6.42 Å². The molecule has 2 aromatic carbocycles. The predicted octanol–water partition coefficient (Wildman–Crippen LogP) is 3.12. The first-order valence-corrected chi connectivity index (χ1v) is 8.41. The lowest BCUT2D eigenvalue weighted by atomic mass is 10.2. The van der Waals surface area contributed by atoms with Gasteiger partial charge in [0.15, 0.2) is 0 Å². The van der Waals surface area contributed by atoms with Crippen LogP contribution in [-0.2, 0) is 11.2 Å². The molecule has 4 rings (SSSR count). The van der Waals surface area contributed by atoms with Crippen LogP contribution >= 0.6 is 0 Å². The van der Waals surface area contributed by atoms with Crippen molar-refractivity contribution in [3.05, 3.63) is 54.1 Å². The van der Waals surface area contributed by atoms with Gasteiger partial charge in [-0.1, -0.05) is 30.3 Å². The van der Waals surface area contributed by atoms with Crippen LogP contribution < -0.4 is 15.1 Å². The lowest BCUT2D eigenvalue weighted by molar-refractivity contribution is 0.123. The number of morpholine rings is 1.